The minimum absolute atomic E-state index is 0.0895. The van der Waals surface area contributed by atoms with Crippen LogP contribution >= 0.6 is 0 Å². The molecular weight excluding hydrogens is 244 g/mol. The summed E-state index contributed by atoms with van der Waals surface area (Å²) in [4.78, 5) is 0. The Bertz CT molecular complexity index is 347. The molecule has 0 aromatic carbocycles. The number of hydrogen-bond donors (Lipinski definition) is 1. The first-order valence-electron chi connectivity index (χ1n) is 6.81. The normalized spacial score (nSPS) is 12.0. The fourth-order valence-electron chi connectivity index (χ4n) is 1.41. The van der Waals surface area contributed by atoms with Crippen LogP contribution < -0.4 is 5.32 Å². The van der Waals surface area contributed by atoms with Gasteiger partial charge in [-0.25, -0.2) is 4.68 Å². The lowest BCUT2D eigenvalue weighted by Crippen LogP contribution is -2.35. The molecule has 6 heteroatoms. The molecule has 1 rings (SSSR count). The van der Waals surface area contributed by atoms with Crippen molar-refractivity contribution in [3.8, 4) is 0 Å². The molecule has 0 unspecified atom stereocenters. The molecule has 0 aliphatic carbocycles. The van der Waals surface area contributed by atoms with E-state index < -0.39 is 0 Å². The highest BCUT2D eigenvalue weighted by atomic mass is 16.5. The van der Waals surface area contributed by atoms with Crippen LogP contribution in [0.1, 0.15) is 33.4 Å². The number of rotatable bonds is 9. The Balaban J connectivity index is 2.16. The molecule has 0 radical (unpaired) electrons. The van der Waals surface area contributed by atoms with E-state index >= 15 is 0 Å². The van der Waals surface area contributed by atoms with E-state index in [1.807, 2.05) is 13.1 Å². The van der Waals surface area contributed by atoms with E-state index in [0.717, 1.165) is 18.8 Å². The second-order valence-corrected chi connectivity index (χ2v) is 5.39. The Morgan fingerprint density at radius 3 is 2.63 bits per heavy atom. The average molecular weight is 270 g/mol. The zero-order valence-corrected chi connectivity index (χ0v) is 12.5. The third kappa shape index (κ3) is 7.92. The molecule has 0 saturated carbocycles. The lowest BCUT2D eigenvalue weighted by molar-refractivity contribution is 0.0486. The zero-order valence-electron chi connectivity index (χ0n) is 12.5. The van der Waals surface area contributed by atoms with E-state index in [-0.39, 0.29) is 5.54 Å². The Hall–Kier alpha value is -0.980. The van der Waals surface area contributed by atoms with E-state index in [0.29, 0.717) is 26.4 Å². The Kier molecular flexibility index (Phi) is 6.97. The van der Waals surface area contributed by atoms with Crippen molar-refractivity contribution in [2.75, 3.05) is 26.4 Å². The SMILES string of the molecule is CCOCCOCCn1cc(CNC(C)(C)C)nn1. The fraction of sp³-hybridized carbons (Fsp3) is 0.846. The zero-order chi connectivity index (χ0) is 14.1. The number of aromatic nitrogens is 3. The summed E-state index contributed by atoms with van der Waals surface area (Å²) in [6.45, 7) is 12.4. The average Bonchev–Trinajstić information content (AvgIpc) is 2.78. The van der Waals surface area contributed by atoms with Gasteiger partial charge in [0.2, 0.25) is 0 Å². The van der Waals surface area contributed by atoms with Crippen LogP contribution in [0.5, 0.6) is 0 Å². The second kappa shape index (κ2) is 8.24. The Morgan fingerprint density at radius 2 is 1.95 bits per heavy atom. The van der Waals surface area contributed by atoms with Crippen molar-refractivity contribution < 1.29 is 9.47 Å². The highest BCUT2D eigenvalue weighted by Gasteiger charge is 2.09. The molecule has 1 aromatic heterocycles. The largest absolute Gasteiger partial charge is 0.379 e. The summed E-state index contributed by atoms with van der Waals surface area (Å²) in [6.07, 6.45) is 1.95. The van der Waals surface area contributed by atoms with E-state index in [2.05, 4.69) is 36.4 Å². The maximum absolute atomic E-state index is 5.43. The monoisotopic (exact) mass is 270 g/mol. The second-order valence-electron chi connectivity index (χ2n) is 5.39. The van der Waals surface area contributed by atoms with E-state index in [1.54, 1.807) is 4.68 Å². The molecule has 0 aliphatic rings. The van der Waals surface area contributed by atoms with Crippen LogP contribution in [-0.2, 0) is 22.6 Å². The van der Waals surface area contributed by atoms with Crippen LogP contribution in [0.25, 0.3) is 0 Å². The van der Waals surface area contributed by atoms with Gasteiger partial charge in [0.15, 0.2) is 0 Å². The summed E-state index contributed by atoms with van der Waals surface area (Å²) in [5, 5.41) is 11.6. The molecule has 1 aromatic rings. The summed E-state index contributed by atoms with van der Waals surface area (Å²) in [6, 6.07) is 0. The Labute approximate surface area is 115 Å². The van der Waals surface area contributed by atoms with Crippen LogP contribution in [0, 0.1) is 0 Å². The molecule has 19 heavy (non-hydrogen) atoms. The lowest BCUT2D eigenvalue weighted by Gasteiger charge is -2.19. The van der Waals surface area contributed by atoms with Crippen molar-refractivity contribution in [1.29, 1.82) is 0 Å². The maximum Gasteiger partial charge on any atom is 0.0965 e. The molecule has 0 spiro atoms. The van der Waals surface area contributed by atoms with Crippen LogP contribution in [0.2, 0.25) is 0 Å². The first kappa shape index (κ1) is 16.1. The molecule has 0 fully saturated rings. The van der Waals surface area contributed by atoms with Crippen molar-refractivity contribution in [3.63, 3.8) is 0 Å². The third-order valence-corrected chi connectivity index (χ3v) is 2.43. The molecule has 0 aliphatic heterocycles. The van der Waals surface area contributed by atoms with Gasteiger partial charge in [0, 0.05) is 24.9 Å². The summed E-state index contributed by atoms with van der Waals surface area (Å²) in [7, 11) is 0. The molecule has 0 saturated heterocycles. The first-order valence-corrected chi connectivity index (χ1v) is 6.81. The van der Waals surface area contributed by atoms with E-state index in [4.69, 9.17) is 9.47 Å². The first-order chi connectivity index (χ1) is 9.01. The number of hydrogen-bond acceptors (Lipinski definition) is 5. The van der Waals surface area contributed by atoms with Gasteiger partial charge in [0.25, 0.3) is 0 Å². The van der Waals surface area contributed by atoms with Crippen LogP contribution in [0.15, 0.2) is 6.20 Å². The number of nitrogens with one attached hydrogen (secondary N) is 1. The highest BCUT2D eigenvalue weighted by molar-refractivity contribution is 4.92. The van der Waals surface area contributed by atoms with Gasteiger partial charge in [-0.3, -0.25) is 0 Å². The topological polar surface area (TPSA) is 61.2 Å². The summed E-state index contributed by atoms with van der Waals surface area (Å²) >= 11 is 0. The minimum atomic E-state index is 0.0895. The van der Waals surface area contributed by atoms with E-state index in [1.165, 1.54) is 0 Å². The summed E-state index contributed by atoms with van der Waals surface area (Å²) < 4.78 is 12.4. The summed E-state index contributed by atoms with van der Waals surface area (Å²) in [5.41, 5.74) is 1.04. The Morgan fingerprint density at radius 1 is 1.21 bits per heavy atom. The predicted molar refractivity (Wildman–Crippen MR) is 73.9 cm³/mol. The summed E-state index contributed by atoms with van der Waals surface area (Å²) in [5.74, 6) is 0. The lowest BCUT2D eigenvalue weighted by atomic mass is 10.1. The standard InChI is InChI=1S/C13H26N4O2/c1-5-18-8-9-19-7-6-17-11-12(15-16-17)10-14-13(2,3)4/h11,14H,5-10H2,1-4H3. The third-order valence-electron chi connectivity index (χ3n) is 2.43. The van der Waals surface area contributed by atoms with Gasteiger partial charge in [-0.05, 0) is 27.7 Å². The van der Waals surface area contributed by atoms with Crippen LogP contribution in [0.4, 0.5) is 0 Å². The molecular formula is C13H26N4O2. The number of nitrogens with zero attached hydrogens (tertiary/aromatic N) is 3. The molecule has 0 amide bonds. The molecule has 1 N–H and O–H groups in total. The van der Waals surface area contributed by atoms with Crippen molar-refractivity contribution in [1.82, 2.24) is 20.3 Å². The highest BCUT2D eigenvalue weighted by Crippen LogP contribution is 2.01. The molecule has 0 bridgehead atoms. The fourth-order valence-corrected chi connectivity index (χ4v) is 1.41. The van der Waals surface area contributed by atoms with Gasteiger partial charge in [-0.2, -0.15) is 0 Å². The molecule has 0 atom stereocenters. The van der Waals surface area contributed by atoms with Gasteiger partial charge in [-0.15, -0.1) is 5.10 Å². The van der Waals surface area contributed by atoms with Gasteiger partial charge in [0.1, 0.15) is 0 Å². The van der Waals surface area contributed by atoms with E-state index in [9.17, 15) is 0 Å². The van der Waals surface area contributed by atoms with Crippen molar-refractivity contribution in [2.45, 2.75) is 46.3 Å². The van der Waals surface area contributed by atoms with Gasteiger partial charge in [-0.1, -0.05) is 5.21 Å². The van der Waals surface area contributed by atoms with Gasteiger partial charge >= 0.3 is 0 Å². The molecule has 110 valence electrons. The van der Waals surface area contributed by atoms with Crippen molar-refractivity contribution in [2.24, 2.45) is 0 Å². The maximum atomic E-state index is 5.43. The van der Waals surface area contributed by atoms with Crippen LogP contribution in [-0.4, -0.2) is 47.0 Å². The molecule has 6 nitrogen and oxygen atoms in total. The van der Waals surface area contributed by atoms with Crippen molar-refractivity contribution in [3.05, 3.63) is 11.9 Å². The van der Waals surface area contributed by atoms with Gasteiger partial charge in [0.05, 0.1) is 32.1 Å². The smallest absolute Gasteiger partial charge is 0.0965 e. The van der Waals surface area contributed by atoms with Gasteiger partial charge < -0.3 is 14.8 Å². The minimum Gasteiger partial charge on any atom is -0.379 e. The number of ether oxygens (including phenoxy) is 2. The quantitative estimate of drug-likeness (QED) is 0.684. The van der Waals surface area contributed by atoms with Crippen LogP contribution in [0.3, 0.4) is 0 Å². The molecule has 1 heterocycles. The van der Waals surface area contributed by atoms with Crippen molar-refractivity contribution >= 4 is 0 Å². The predicted octanol–water partition coefficient (Wildman–Crippen LogP) is 1.22.